The van der Waals surface area contributed by atoms with Crippen molar-refractivity contribution >= 4 is 26.0 Å². The molecule has 0 spiro atoms. The zero-order valence-corrected chi connectivity index (χ0v) is 14.8. The normalized spacial score (nSPS) is 13.7. The molecule has 1 atom stereocenters. The largest absolute Gasteiger partial charge is 0.240 e. The van der Waals surface area contributed by atoms with E-state index >= 15 is 0 Å². The van der Waals surface area contributed by atoms with E-state index in [0.717, 1.165) is 24.6 Å². The van der Waals surface area contributed by atoms with Gasteiger partial charge in [0.15, 0.2) is 0 Å². The predicted molar refractivity (Wildman–Crippen MR) is 87.8 cm³/mol. The Hall–Kier alpha value is -0.390. The summed E-state index contributed by atoms with van der Waals surface area (Å²) in [5, 5.41) is 0.786. The molecule has 0 saturated carbocycles. The Labute approximate surface area is 131 Å². The van der Waals surface area contributed by atoms with Crippen LogP contribution in [0.15, 0.2) is 29.2 Å². The monoisotopic (exact) mass is 361 g/mol. The van der Waals surface area contributed by atoms with Crippen molar-refractivity contribution < 1.29 is 8.42 Å². The number of hydrogen-bond donors (Lipinski definition) is 1. The maximum Gasteiger partial charge on any atom is 0.240 e. The van der Waals surface area contributed by atoms with Crippen LogP contribution in [0.25, 0.3) is 0 Å². The van der Waals surface area contributed by atoms with E-state index in [-0.39, 0.29) is 12.0 Å². The van der Waals surface area contributed by atoms with Crippen LogP contribution in [0.1, 0.15) is 39.2 Å². The van der Waals surface area contributed by atoms with E-state index in [0.29, 0.717) is 4.90 Å². The molecule has 1 unspecified atom stereocenters. The van der Waals surface area contributed by atoms with Gasteiger partial charge in [0, 0.05) is 11.4 Å². The molecule has 5 heteroatoms. The Morgan fingerprint density at radius 2 is 1.80 bits per heavy atom. The van der Waals surface area contributed by atoms with Crippen molar-refractivity contribution in [2.24, 2.45) is 5.92 Å². The lowest BCUT2D eigenvalue weighted by atomic mass is 10.0. The van der Waals surface area contributed by atoms with Crippen LogP contribution in [-0.4, -0.2) is 19.8 Å². The first kappa shape index (κ1) is 17.7. The van der Waals surface area contributed by atoms with Crippen LogP contribution < -0.4 is 4.72 Å². The summed E-state index contributed by atoms with van der Waals surface area (Å²) in [5.41, 5.74) is 1.17. The number of rotatable bonds is 8. The lowest BCUT2D eigenvalue weighted by molar-refractivity contribution is 0.440. The highest BCUT2D eigenvalue weighted by Gasteiger charge is 2.21. The highest BCUT2D eigenvalue weighted by atomic mass is 79.9. The summed E-state index contributed by atoms with van der Waals surface area (Å²) in [6, 6.07) is 7.13. The van der Waals surface area contributed by atoms with Gasteiger partial charge >= 0.3 is 0 Å². The Morgan fingerprint density at radius 3 is 2.25 bits per heavy atom. The van der Waals surface area contributed by atoms with E-state index in [9.17, 15) is 8.42 Å². The van der Waals surface area contributed by atoms with Gasteiger partial charge in [-0.2, -0.15) is 0 Å². The highest BCUT2D eigenvalue weighted by Crippen LogP contribution is 2.15. The van der Waals surface area contributed by atoms with Gasteiger partial charge in [-0.25, -0.2) is 13.1 Å². The van der Waals surface area contributed by atoms with E-state index in [1.54, 1.807) is 12.1 Å². The zero-order valence-electron chi connectivity index (χ0n) is 12.4. The second-order valence-corrected chi connectivity index (χ2v) is 7.85. The number of benzene rings is 1. The van der Waals surface area contributed by atoms with Gasteiger partial charge in [0.2, 0.25) is 10.0 Å². The molecule has 0 aliphatic heterocycles. The number of nitrogens with one attached hydrogen (secondary N) is 1. The van der Waals surface area contributed by atoms with Crippen LogP contribution >= 0.6 is 15.9 Å². The van der Waals surface area contributed by atoms with Crippen LogP contribution in [0.2, 0.25) is 0 Å². The number of sulfonamides is 1. The molecule has 0 aliphatic rings. The minimum Gasteiger partial charge on any atom is -0.208 e. The van der Waals surface area contributed by atoms with Gasteiger partial charge in [0.05, 0.1) is 4.90 Å². The lowest BCUT2D eigenvalue weighted by Crippen LogP contribution is -2.38. The minimum absolute atomic E-state index is 0.0466. The summed E-state index contributed by atoms with van der Waals surface area (Å²) < 4.78 is 27.5. The Kier molecular flexibility index (Phi) is 7.20. The standard InChI is InChI=1S/C15H24BrNO2S/c1-4-5-13-6-8-14(9-7-13)20(18,19)17-15(10-11-16)12(2)3/h6-9,12,15,17H,4-5,10-11H2,1-3H3. The molecule has 0 heterocycles. The summed E-state index contributed by atoms with van der Waals surface area (Å²) in [6.07, 6.45) is 2.82. The fourth-order valence-corrected chi connectivity index (χ4v) is 3.95. The van der Waals surface area contributed by atoms with Crippen LogP contribution in [-0.2, 0) is 16.4 Å². The fraction of sp³-hybridized carbons (Fsp3) is 0.600. The maximum atomic E-state index is 12.4. The molecule has 0 aliphatic carbocycles. The number of aryl methyl sites for hydroxylation is 1. The predicted octanol–water partition coefficient (Wildman–Crippen LogP) is 3.73. The second kappa shape index (κ2) is 8.15. The third-order valence-electron chi connectivity index (χ3n) is 3.30. The van der Waals surface area contributed by atoms with Gasteiger partial charge in [-0.3, -0.25) is 0 Å². The molecule has 114 valence electrons. The van der Waals surface area contributed by atoms with Crippen molar-refractivity contribution in [3.8, 4) is 0 Å². The molecule has 0 radical (unpaired) electrons. The van der Waals surface area contributed by atoms with Gasteiger partial charge in [0.25, 0.3) is 0 Å². The number of halogens is 1. The molecule has 0 amide bonds. The maximum absolute atomic E-state index is 12.4. The van der Waals surface area contributed by atoms with Crippen LogP contribution in [0.3, 0.4) is 0 Å². The van der Waals surface area contributed by atoms with Crippen LogP contribution in [0.5, 0.6) is 0 Å². The lowest BCUT2D eigenvalue weighted by Gasteiger charge is -2.21. The first-order chi connectivity index (χ1) is 9.40. The summed E-state index contributed by atoms with van der Waals surface area (Å²) in [6.45, 7) is 6.17. The third-order valence-corrected chi connectivity index (χ3v) is 5.27. The van der Waals surface area contributed by atoms with E-state index in [4.69, 9.17) is 0 Å². The van der Waals surface area contributed by atoms with Crippen molar-refractivity contribution in [1.82, 2.24) is 4.72 Å². The molecular formula is C15H24BrNO2S. The topological polar surface area (TPSA) is 46.2 Å². The molecule has 0 saturated heterocycles. The summed E-state index contributed by atoms with van der Waals surface area (Å²) in [4.78, 5) is 0.345. The average molecular weight is 362 g/mol. The SMILES string of the molecule is CCCc1ccc(S(=O)(=O)NC(CCBr)C(C)C)cc1. The average Bonchev–Trinajstić information content (AvgIpc) is 2.39. The van der Waals surface area contributed by atoms with Crippen molar-refractivity contribution in [3.63, 3.8) is 0 Å². The molecule has 3 nitrogen and oxygen atoms in total. The summed E-state index contributed by atoms with van der Waals surface area (Å²) >= 11 is 3.37. The summed E-state index contributed by atoms with van der Waals surface area (Å²) in [7, 11) is -3.43. The molecule has 20 heavy (non-hydrogen) atoms. The van der Waals surface area contributed by atoms with Gasteiger partial charge in [-0.1, -0.05) is 55.3 Å². The van der Waals surface area contributed by atoms with Crippen molar-refractivity contribution in [1.29, 1.82) is 0 Å². The molecule has 1 aromatic rings. The third kappa shape index (κ3) is 5.19. The Bertz CT molecular complexity index is 497. The van der Waals surface area contributed by atoms with Gasteiger partial charge in [0.1, 0.15) is 0 Å². The van der Waals surface area contributed by atoms with E-state index in [2.05, 4.69) is 27.6 Å². The first-order valence-corrected chi connectivity index (χ1v) is 9.68. The molecular weight excluding hydrogens is 338 g/mol. The highest BCUT2D eigenvalue weighted by molar-refractivity contribution is 9.09. The Balaban J connectivity index is 2.86. The van der Waals surface area contributed by atoms with Gasteiger partial charge in [-0.15, -0.1) is 0 Å². The van der Waals surface area contributed by atoms with Crippen molar-refractivity contribution in [2.75, 3.05) is 5.33 Å². The first-order valence-electron chi connectivity index (χ1n) is 7.08. The van der Waals surface area contributed by atoms with Crippen LogP contribution in [0.4, 0.5) is 0 Å². The second-order valence-electron chi connectivity index (χ2n) is 5.34. The van der Waals surface area contributed by atoms with Gasteiger partial charge < -0.3 is 0 Å². The van der Waals surface area contributed by atoms with Gasteiger partial charge in [-0.05, 0) is 36.5 Å². The summed E-state index contributed by atoms with van der Waals surface area (Å²) in [5.74, 6) is 0.265. The van der Waals surface area contributed by atoms with Crippen molar-refractivity contribution in [3.05, 3.63) is 29.8 Å². The Morgan fingerprint density at radius 1 is 1.20 bits per heavy atom. The smallest absolute Gasteiger partial charge is 0.208 e. The van der Waals surface area contributed by atoms with E-state index in [1.807, 2.05) is 26.0 Å². The molecule has 0 bridgehead atoms. The van der Waals surface area contributed by atoms with E-state index in [1.165, 1.54) is 5.56 Å². The van der Waals surface area contributed by atoms with Crippen molar-refractivity contribution in [2.45, 2.75) is 51.0 Å². The van der Waals surface area contributed by atoms with Crippen LogP contribution in [0, 0.1) is 5.92 Å². The van der Waals surface area contributed by atoms with E-state index < -0.39 is 10.0 Å². The molecule has 1 N–H and O–H groups in total. The molecule has 1 aromatic carbocycles. The molecule has 0 aromatic heterocycles. The fourth-order valence-electron chi connectivity index (χ4n) is 2.04. The number of alkyl halides is 1. The number of hydrogen-bond acceptors (Lipinski definition) is 2. The minimum atomic E-state index is -3.43. The molecule has 1 rings (SSSR count). The zero-order chi connectivity index (χ0) is 15.2. The molecule has 0 fully saturated rings. The quantitative estimate of drug-likeness (QED) is 0.717.